The number of hydrogen-bond donors (Lipinski definition) is 6. The molecule has 0 bridgehead atoms. The molecule has 1 unspecified atom stereocenters. The molecule has 2 aromatic rings. The second kappa shape index (κ2) is 17.3. The first-order valence-corrected chi connectivity index (χ1v) is 13.8. The van der Waals surface area contributed by atoms with Crippen LogP contribution in [-0.4, -0.2) is 58.5 Å². The van der Waals surface area contributed by atoms with Gasteiger partial charge in [0.05, 0.1) is 19.8 Å². The van der Waals surface area contributed by atoms with Gasteiger partial charge in [-0.15, -0.1) is 0 Å². The molecule has 5 N–H and O–H groups in total. The summed E-state index contributed by atoms with van der Waals surface area (Å²) in [4.78, 5) is 32.3. The van der Waals surface area contributed by atoms with Crippen LogP contribution in [-0.2, 0) is 36.4 Å². The largest absolute Gasteiger partial charge is 0.472 e. The zero-order chi connectivity index (χ0) is 27.7. The molecular formula is C25H37N2O8PS. The predicted octanol–water partition coefficient (Wildman–Crippen LogP) is 2.44. The molecule has 2 amide bonds. The number of phosphoric acid groups is 1. The fourth-order valence-corrected chi connectivity index (χ4v) is 3.43. The van der Waals surface area contributed by atoms with Crippen LogP contribution in [0.25, 0.3) is 0 Å². The van der Waals surface area contributed by atoms with Crippen LogP contribution < -0.4 is 10.6 Å². The van der Waals surface area contributed by atoms with E-state index in [1.807, 2.05) is 60.7 Å². The zero-order valence-electron chi connectivity index (χ0n) is 21.1. The third-order valence-electron chi connectivity index (χ3n) is 4.96. The van der Waals surface area contributed by atoms with E-state index in [4.69, 9.17) is 14.2 Å². The lowest BCUT2D eigenvalue weighted by atomic mass is 9.87. The van der Waals surface area contributed by atoms with Gasteiger partial charge in [0, 0.05) is 30.7 Å². The van der Waals surface area contributed by atoms with Crippen molar-refractivity contribution in [2.75, 3.05) is 25.4 Å². The number of rotatable bonds is 14. The highest BCUT2D eigenvalue weighted by Gasteiger charge is 2.32. The number of amides is 2. The summed E-state index contributed by atoms with van der Waals surface area (Å²) in [6.45, 7) is 3.58. The van der Waals surface area contributed by atoms with Crippen LogP contribution in [0.2, 0.25) is 0 Å². The summed E-state index contributed by atoms with van der Waals surface area (Å²) < 4.78 is 21.5. The van der Waals surface area contributed by atoms with Gasteiger partial charge in [-0.2, -0.15) is 12.6 Å². The zero-order valence-corrected chi connectivity index (χ0v) is 22.9. The number of benzene rings is 2. The van der Waals surface area contributed by atoms with E-state index in [1.54, 1.807) is 13.8 Å². The summed E-state index contributed by atoms with van der Waals surface area (Å²) >= 11 is 3.95. The van der Waals surface area contributed by atoms with E-state index >= 15 is 0 Å². The number of carbonyl (C=O) groups excluding carboxylic acids is 2. The van der Waals surface area contributed by atoms with Crippen molar-refractivity contribution in [3.8, 4) is 0 Å². The molecule has 0 radical (unpaired) electrons. The second-order valence-electron chi connectivity index (χ2n) is 8.65. The van der Waals surface area contributed by atoms with Crippen molar-refractivity contribution in [3.05, 3.63) is 71.8 Å². The Kier molecular flexibility index (Phi) is 15.3. The lowest BCUT2D eigenvalue weighted by Crippen LogP contribution is -2.46. The minimum absolute atomic E-state index is 0.0450. The van der Waals surface area contributed by atoms with Crippen molar-refractivity contribution < 1.29 is 38.3 Å². The summed E-state index contributed by atoms with van der Waals surface area (Å²) in [5.74, 6) is -0.210. The van der Waals surface area contributed by atoms with Crippen LogP contribution in [0.5, 0.6) is 0 Å². The van der Waals surface area contributed by atoms with Gasteiger partial charge in [0.15, 0.2) is 0 Å². The highest BCUT2D eigenvalue weighted by Crippen LogP contribution is 2.44. The molecule has 0 saturated carbocycles. The van der Waals surface area contributed by atoms with Crippen LogP contribution in [0.3, 0.4) is 0 Å². The van der Waals surface area contributed by atoms with Crippen molar-refractivity contribution >= 4 is 32.3 Å². The molecule has 10 nitrogen and oxygen atoms in total. The van der Waals surface area contributed by atoms with Gasteiger partial charge in [-0.1, -0.05) is 74.5 Å². The van der Waals surface area contributed by atoms with E-state index in [0.717, 1.165) is 11.1 Å². The molecule has 0 saturated heterocycles. The van der Waals surface area contributed by atoms with Crippen LogP contribution in [0.4, 0.5) is 0 Å². The van der Waals surface area contributed by atoms with E-state index in [2.05, 4.69) is 23.3 Å². The van der Waals surface area contributed by atoms with Crippen LogP contribution in [0, 0.1) is 5.41 Å². The molecule has 12 heteroatoms. The summed E-state index contributed by atoms with van der Waals surface area (Å²) in [5, 5.41) is 23.7. The number of thiol groups is 1. The summed E-state index contributed by atoms with van der Waals surface area (Å²) in [6.07, 6.45) is -1.16. The number of hydrogen-bond acceptors (Lipinski definition) is 8. The highest BCUT2D eigenvalue weighted by molar-refractivity contribution is 7.80. The van der Waals surface area contributed by atoms with E-state index in [1.165, 1.54) is 0 Å². The topological polar surface area (TPSA) is 154 Å². The maximum absolute atomic E-state index is 11.7. The van der Waals surface area contributed by atoms with Crippen molar-refractivity contribution in [1.82, 2.24) is 10.6 Å². The summed E-state index contributed by atoms with van der Waals surface area (Å²) in [5.41, 5.74) is 0.735. The molecule has 0 fully saturated rings. The predicted molar refractivity (Wildman–Crippen MR) is 144 cm³/mol. The van der Waals surface area contributed by atoms with Crippen molar-refractivity contribution in [3.63, 3.8) is 0 Å². The maximum atomic E-state index is 11.7. The molecule has 2 aromatic carbocycles. The Labute approximate surface area is 223 Å². The summed E-state index contributed by atoms with van der Waals surface area (Å²) in [7, 11) is -4.02. The lowest BCUT2D eigenvalue weighted by molar-refractivity contribution is -0.137. The Balaban J connectivity index is 0.000000371. The number of phosphoric ester groups is 1. The molecule has 0 heterocycles. The Morgan fingerprint density at radius 1 is 0.946 bits per heavy atom. The van der Waals surface area contributed by atoms with Gasteiger partial charge in [0.1, 0.15) is 6.10 Å². The minimum atomic E-state index is -4.02. The Bertz CT molecular complexity index is 932. The monoisotopic (exact) mass is 556 g/mol. The number of aliphatic hydroxyl groups is 2. The molecule has 0 spiro atoms. The van der Waals surface area contributed by atoms with E-state index in [0.29, 0.717) is 12.3 Å². The van der Waals surface area contributed by atoms with Crippen molar-refractivity contribution in [2.45, 2.75) is 39.6 Å². The van der Waals surface area contributed by atoms with Crippen LogP contribution in [0.1, 0.15) is 31.4 Å². The van der Waals surface area contributed by atoms with E-state index < -0.39 is 25.2 Å². The van der Waals surface area contributed by atoms with Crippen molar-refractivity contribution in [1.29, 1.82) is 0 Å². The highest BCUT2D eigenvalue weighted by atomic mass is 32.1. The van der Waals surface area contributed by atoms with Crippen molar-refractivity contribution in [2.24, 2.45) is 5.41 Å². The van der Waals surface area contributed by atoms with E-state index in [-0.39, 0.29) is 38.7 Å². The Hall–Kier alpha value is -2.24. The quantitative estimate of drug-likeness (QED) is 0.153. The molecule has 0 aromatic heterocycles. The third-order valence-corrected chi connectivity index (χ3v) is 6.09. The second-order valence-corrected chi connectivity index (χ2v) is 10.6. The van der Waals surface area contributed by atoms with Gasteiger partial charge in [-0.25, -0.2) is 4.57 Å². The standard InChI is InChI=1S/C14H15O4P.C11H22N2O4S/c15-19(16,17-11-13-7-3-1-4-8-13)18-12-14-9-5-2-6-10-14;1-11(2,7-14)9(16)10(17)13-4-3-8(15)12-5-6-18/h1-10H,11-12H2,(H,15,16);9,14,16,18H,3-7H2,1-2H3,(H,12,15)(H,13,17). The number of aliphatic hydroxyl groups excluding tert-OH is 2. The molecule has 206 valence electrons. The Morgan fingerprint density at radius 2 is 1.43 bits per heavy atom. The first-order valence-electron chi connectivity index (χ1n) is 11.6. The fourth-order valence-electron chi connectivity index (χ4n) is 2.62. The smallest absolute Gasteiger partial charge is 0.396 e. The van der Waals surface area contributed by atoms with E-state index in [9.17, 15) is 24.2 Å². The fraction of sp³-hybridized carbons (Fsp3) is 0.440. The normalized spacial score (nSPS) is 12.2. The minimum Gasteiger partial charge on any atom is -0.396 e. The summed E-state index contributed by atoms with van der Waals surface area (Å²) in [6, 6.07) is 18.4. The maximum Gasteiger partial charge on any atom is 0.472 e. The lowest BCUT2D eigenvalue weighted by Gasteiger charge is -2.27. The van der Waals surface area contributed by atoms with Gasteiger partial charge >= 0.3 is 7.82 Å². The van der Waals surface area contributed by atoms with Crippen LogP contribution in [0.15, 0.2) is 60.7 Å². The molecule has 1 atom stereocenters. The average Bonchev–Trinajstić information content (AvgIpc) is 2.90. The average molecular weight is 557 g/mol. The molecule has 0 aliphatic rings. The SMILES string of the molecule is CC(C)(CO)C(O)C(=O)NCCC(=O)NCCS.O=P(O)(OCc1ccccc1)OCc1ccccc1. The molecule has 0 aliphatic carbocycles. The first kappa shape index (κ1) is 32.8. The van der Waals surface area contributed by atoms with Gasteiger partial charge < -0.3 is 25.7 Å². The number of nitrogens with one attached hydrogen (secondary N) is 2. The molecule has 0 aliphatic heterocycles. The number of carbonyl (C=O) groups is 2. The first-order chi connectivity index (χ1) is 17.5. The van der Waals surface area contributed by atoms with Gasteiger partial charge in [-0.05, 0) is 11.1 Å². The Morgan fingerprint density at radius 3 is 1.86 bits per heavy atom. The molecule has 2 rings (SSSR count). The van der Waals surface area contributed by atoms with Gasteiger partial charge in [0.2, 0.25) is 11.8 Å². The van der Waals surface area contributed by atoms with Gasteiger partial charge in [-0.3, -0.25) is 18.6 Å². The molecule has 37 heavy (non-hydrogen) atoms. The third kappa shape index (κ3) is 14.3. The molecular weight excluding hydrogens is 519 g/mol. The van der Waals surface area contributed by atoms with Gasteiger partial charge in [0.25, 0.3) is 0 Å². The van der Waals surface area contributed by atoms with Crippen LogP contribution >= 0.6 is 20.5 Å².